The molecule has 0 radical (unpaired) electrons. The number of rotatable bonds is 7. The number of halogens is 5. The Morgan fingerprint density at radius 2 is 1.41 bits per heavy atom. The van der Waals surface area contributed by atoms with Crippen molar-refractivity contribution >= 4 is 13.9 Å². The van der Waals surface area contributed by atoms with Crippen LogP contribution in [0.4, 0.5) is 22.0 Å². The number of hydrogen-bond donors (Lipinski definition) is 0. The highest BCUT2D eigenvalue weighted by Gasteiger charge is 2.35. The SMILES string of the molecule is CCC(C)(Pc1c(F)c(F)c(F)c(F)c1F)c1cc(C)cc(C)c1OCc1ccccc1. The van der Waals surface area contributed by atoms with Gasteiger partial charge in [-0.05, 0) is 31.4 Å². The zero-order valence-corrected chi connectivity index (χ0v) is 19.3. The van der Waals surface area contributed by atoms with Gasteiger partial charge in [-0.1, -0.05) is 70.5 Å². The van der Waals surface area contributed by atoms with E-state index in [0.29, 0.717) is 17.7 Å². The van der Waals surface area contributed by atoms with Crippen molar-refractivity contribution in [1.82, 2.24) is 0 Å². The predicted molar refractivity (Wildman–Crippen MR) is 119 cm³/mol. The summed E-state index contributed by atoms with van der Waals surface area (Å²) in [6.45, 7) is 7.61. The summed E-state index contributed by atoms with van der Waals surface area (Å²) in [5, 5.41) is -1.71. The van der Waals surface area contributed by atoms with Gasteiger partial charge in [0.2, 0.25) is 5.82 Å². The molecule has 0 aliphatic heterocycles. The molecule has 0 saturated carbocycles. The van der Waals surface area contributed by atoms with Crippen LogP contribution in [0.2, 0.25) is 0 Å². The van der Waals surface area contributed by atoms with E-state index < -0.39 is 48.1 Å². The third-order valence-corrected chi connectivity index (χ3v) is 7.42. The van der Waals surface area contributed by atoms with Gasteiger partial charge in [0.1, 0.15) is 12.4 Å². The fourth-order valence-electron chi connectivity index (χ4n) is 3.62. The third-order valence-electron chi connectivity index (χ3n) is 5.56. The van der Waals surface area contributed by atoms with Crippen LogP contribution in [-0.4, -0.2) is 0 Å². The summed E-state index contributed by atoms with van der Waals surface area (Å²) in [7, 11) is -0.704. The maximum atomic E-state index is 14.5. The van der Waals surface area contributed by atoms with Gasteiger partial charge in [-0.2, -0.15) is 0 Å². The molecular formula is C25H24F5OP. The van der Waals surface area contributed by atoms with E-state index in [-0.39, 0.29) is 6.61 Å². The second-order valence-corrected chi connectivity index (χ2v) is 9.84. The second-order valence-electron chi connectivity index (χ2n) is 7.99. The summed E-state index contributed by atoms with van der Waals surface area (Å²) in [5.41, 5.74) is 3.36. The van der Waals surface area contributed by atoms with Crippen LogP contribution in [-0.2, 0) is 11.8 Å². The van der Waals surface area contributed by atoms with Crippen molar-refractivity contribution in [3.63, 3.8) is 0 Å². The summed E-state index contributed by atoms with van der Waals surface area (Å²) < 4.78 is 76.2. The zero-order valence-electron chi connectivity index (χ0n) is 18.3. The minimum atomic E-state index is -2.15. The van der Waals surface area contributed by atoms with Gasteiger partial charge in [0.05, 0.1) is 5.30 Å². The van der Waals surface area contributed by atoms with Crippen LogP contribution in [0.15, 0.2) is 42.5 Å². The zero-order chi connectivity index (χ0) is 23.6. The average molecular weight is 466 g/mol. The van der Waals surface area contributed by atoms with Crippen LogP contribution >= 0.6 is 8.58 Å². The molecule has 0 aliphatic carbocycles. The summed E-state index contributed by atoms with van der Waals surface area (Å²) >= 11 is 0. The summed E-state index contributed by atoms with van der Waals surface area (Å²) in [4.78, 5) is 0. The molecule has 0 fully saturated rings. The van der Waals surface area contributed by atoms with Crippen LogP contribution in [0.1, 0.15) is 42.5 Å². The lowest BCUT2D eigenvalue weighted by Gasteiger charge is -2.32. The minimum Gasteiger partial charge on any atom is -0.488 e. The van der Waals surface area contributed by atoms with Crippen LogP contribution in [0, 0.1) is 42.9 Å². The Labute approximate surface area is 186 Å². The van der Waals surface area contributed by atoms with E-state index in [2.05, 4.69) is 0 Å². The first-order valence-electron chi connectivity index (χ1n) is 10.2. The maximum Gasteiger partial charge on any atom is 0.200 e. The molecule has 170 valence electrons. The van der Waals surface area contributed by atoms with Gasteiger partial charge in [0, 0.05) is 10.7 Å². The van der Waals surface area contributed by atoms with E-state index in [1.54, 1.807) is 6.92 Å². The van der Waals surface area contributed by atoms with Gasteiger partial charge in [-0.3, -0.25) is 0 Å². The molecule has 0 aromatic heterocycles. The molecule has 0 heterocycles. The molecule has 0 N–H and O–H groups in total. The van der Waals surface area contributed by atoms with Gasteiger partial charge >= 0.3 is 0 Å². The molecule has 0 amide bonds. The first-order valence-corrected chi connectivity index (χ1v) is 11.2. The highest BCUT2D eigenvalue weighted by Crippen LogP contribution is 2.49. The fraction of sp³-hybridized carbons (Fsp3) is 0.280. The molecule has 3 rings (SSSR count). The molecule has 1 nitrogen and oxygen atoms in total. The van der Waals surface area contributed by atoms with E-state index in [1.807, 2.05) is 63.2 Å². The van der Waals surface area contributed by atoms with Crippen molar-refractivity contribution in [2.75, 3.05) is 0 Å². The predicted octanol–water partition coefficient (Wildman–Crippen LogP) is 7.21. The molecule has 3 aromatic rings. The van der Waals surface area contributed by atoms with Gasteiger partial charge in [-0.25, -0.2) is 22.0 Å². The molecule has 32 heavy (non-hydrogen) atoms. The molecule has 3 aromatic carbocycles. The Bertz CT molecular complexity index is 1100. The van der Waals surface area contributed by atoms with E-state index in [4.69, 9.17) is 4.74 Å². The van der Waals surface area contributed by atoms with E-state index >= 15 is 0 Å². The normalized spacial score (nSPS) is 13.5. The van der Waals surface area contributed by atoms with E-state index in [9.17, 15) is 22.0 Å². The molecule has 0 saturated heterocycles. The van der Waals surface area contributed by atoms with Crippen molar-refractivity contribution in [2.45, 2.75) is 45.9 Å². The standard InChI is InChI=1S/C25H24F5OP/c1-5-25(4,32-24-21(29)19(27)18(26)20(28)22(24)30)17-12-14(2)11-15(3)23(17)31-13-16-9-7-6-8-10-16/h6-12,32H,5,13H2,1-4H3. The third kappa shape index (κ3) is 4.66. The Morgan fingerprint density at radius 3 is 1.97 bits per heavy atom. The fourth-order valence-corrected chi connectivity index (χ4v) is 5.11. The van der Waals surface area contributed by atoms with Crippen molar-refractivity contribution < 1.29 is 26.7 Å². The molecule has 0 spiro atoms. The highest BCUT2D eigenvalue weighted by atomic mass is 31.1. The lowest BCUT2D eigenvalue weighted by atomic mass is 9.92. The quantitative estimate of drug-likeness (QED) is 0.155. The first kappa shape index (κ1) is 24.2. The molecule has 2 unspecified atom stereocenters. The van der Waals surface area contributed by atoms with E-state index in [0.717, 1.165) is 16.7 Å². The Balaban J connectivity index is 2.08. The molecule has 7 heteroatoms. The van der Waals surface area contributed by atoms with Crippen LogP contribution in [0.5, 0.6) is 5.75 Å². The summed E-state index contributed by atoms with van der Waals surface area (Å²) in [6, 6.07) is 13.3. The minimum absolute atomic E-state index is 0.281. The van der Waals surface area contributed by atoms with Gasteiger partial charge in [0.15, 0.2) is 23.3 Å². The smallest absolute Gasteiger partial charge is 0.200 e. The van der Waals surface area contributed by atoms with Crippen molar-refractivity contribution in [3.05, 3.63) is 93.8 Å². The van der Waals surface area contributed by atoms with Gasteiger partial charge in [0.25, 0.3) is 0 Å². The van der Waals surface area contributed by atoms with Crippen LogP contribution in [0.25, 0.3) is 0 Å². The maximum absolute atomic E-state index is 14.5. The largest absolute Gasteiger partial charge is 0.488 e. The topological polar surface area (TPSA) is 9.23 Å². The van der Waals surface area contributed by atoms with Crippen molar-refractivity contribution in [3.8, 4) is 5.75 Å². The number of aryl methyl sites for hydroxylation is 2. The lowest BCUT2D eigenvalue weighted by molar-refractivity contribution is 0.297. The van der Waals surface area contributed by atoms with Gasteiger partial charge in [-0.15, -0.1) is 0 Å². The second kappa shape index (κ2) is 9.58. The van der Waals surface area contributed by atoms with Crippen molar-refractivity contribution in [2.24, 2.45) is 0 Å². The number of benzene rings is 3. The molecule has 0 aliphatic rings. The average Bonchev–Trinajstić information content (AvgIpc) is 2.78. The number of hydrogen-bond acceptors (Lipinski definition) is 1. The molecule has 0 bridgehead atoms. The highest BCUT2D eigenvalue weighted by molar-refractivity contribution is 7.48. The first-order chi connectivity index (χ1) is 15.1. The Morgan fingerprint density at radius 1 is 0.844 bits per heavy atom. The monoisotopic (exact) mass is 466 g/mol. The van der Waals surface area contributed by atoms with E-state index in [1.165, 1.54) is 0 Å². The summed E-state index contributed by atoms with van der Waals surface area (Å²) in [6.07, 6.45) is 0.398. The summed E-state index contributed by atoms with van der Waals surface area (Å²) in [5.74, 6) is -9.01. The molecule has 2 atom stereocenters. The Hall–Kier alpha value is -2.46. The lowest BCUT2D eigenvalue weighted by Crippen LogP contribution is -2.25. The van der Waals surface area contributed by atoms with Crippen LogP contribution in [0.3, 0.4) is 0 Å². The van der Waals surface area contributed by atoms with Crippen LogP contribution < -0.4 is 10.0 Å². The molecular weight excluding hydrogens is 442 g/mol. The van der Waals surface area contributed by atoms with Crippen molar-refractivity contribution in [1.29, 1.82) is 0 Å². The Kier molecular flexibility index (Phi) is 7.24. The van der Waals surface area contributed by atoms with Gasteiger partial charge < -0.3 is 4.74 Å². The number of ether oxygens (including phenoxy) is 1.